The number of nitrogens with zero attached hydrogens (tertiary/aromatic N) is 4. The van der Waals surface area contributed by atoms with Crippen molar-refractivity contribution >= 4 is 46.5 Å². The molecule has 1 amide bonds. The van der Waals surface area contributed by atoms with Crippen LogP contribution in [0, 0.1) is 5.82 Å². The van der Waals surface area contributed by atoms with E-state index in [4.69, 9.17) is 11.6 Å². The van der Waals surface area contributed by atoms with Gasteiger partial charge in [0.15, 0.2) is 5.82 Å². The average Bonchev–Trinajstić information content (AvgIpc) is 2.80. The maximum Gasteiger partial charge on any atom is 0.234 e. The van der Waals surface area contributed by atoms with Crippen LogP contribution in [0.4, 0.5) is 21.6 Å². The molecule has 3 aromatic rings. The lowest BCUT2D eigenvalue weighted by Crippen LogP contribution is -2.47. The lowest BCUT2D eigenvalue weighted by atomic mass is 10.2. The second-order valence-electron chi connectivity index (χ2n) is 7.00. The summed E-state index contributed by atoms with van der Waals surface area (Å²) in [5.74, 6) is 0.493. The molecule has 1 aliphatic heterocycles. The van der Waals surface area contributed by atoms with Crippen LogP contribution in [-0.2, 0) is 4.79 Å². The molecule has 2 aromatic carbocycles. The summed E-state index contributed by atoms with van der Waals surface area (Å²) < 4.78 is 12.9. The first-order valence-electron chi connectivity index (χ1n) is 9.85. The fourth-order valence-electron chi connectivity index (χ4n) is 3.31. The van der Waals surface area contributed by atoms with Crippen LogP contribution in [0.1, 0.15) is 0 Å². The van der Waals surface area contributed by atoms with Crippen LogP contribution in [0.3, 0.4) is 0 Å². The number of halogens is 2. The number of benzene rings is 2. The Bertz CT molecular complexity index is 1030. The summed E-state index contributed by atoms with van der Waals surface area (Å²) in [5, 5.41) is 12.7. The molecule has 0 saturated carbocycles. The van der Waals surface area contributed by atoms with Gasteiger partial charge >= 0.3 is 0 Å². The van der Waals surface area contributed by atoms with Crippen molar-refractivity contribution in [3.8, 4) is 0 Å². The molecule has 1 aliphatic rings. The van der Waals surface area contributed by atoms with E-state index in [0.29, 0.717) is 10.7 Å². The molecule has 4 rings (SSSR count). The Morgan fingerprint density at radius 3 is 2.35 bits per heavy atom. The first-order valence-corrected chi connectivity index (χ1v) is 11.2. The SMILES string of the molecule is O=C(CSc1ccc(N2CCN(c3ccccc3Cl)CC2)nn1)Nc1ccc(F)cc1. The first kappa shape index (κ1) is 21.4. The molecule has 1 N–H and O–H groups in total. The second kappa shape index (κ2) is 9.98. The highest BCUT2D eigenvalue weighted by atomic mass is 35.5. The van der Waals surface area contributed by atoms with Crippen LogP contribution in [0.5, 0.6) is 0 Å². The van der Waals surface area contributed by atoms with E-state index in [1.54, 1.807) is 0 Å². The fourth-order valence-corrected chi connectivity index (χ4v) is 4.18. The van der Waals surface area contributed by atoms with E-state index in [0.717, 1.165) is 42.7 Å². The van der Waals surface area contributed by atoms with Crippen molar-refractivity contribution in [3.05, 3.63) is 71.5 Å². The Balaban J connectivity index is 1.26. The standard InChI is InChI=1S/C22H21ClFN5OS/c23-18-3-1-2-4-19(18)28-11-13-29(14-12-28)20-9-10-22(27-26-20)31-15-21(30)25-17-7-5-16(24)6-8-17/h1-10H,11-15H2,(H,25,30). The van der Waals surface area contributed by atoms with Crippen molar-refractivity contribution in [3.63, 3.8) is 0 Å². The number of nitrogens with one attached hydrogen (secondary N) is 1. The van der Waals surface area contributed by atoms with Crippen LogP contribution in [0.25, 0.3) is 0 Å². The van der Waals surface area contributed by atoms with E-state index in [1.807, 2.05) is 36.4 Å². The Morgan fingerprint density at radius 1 is 0.968 bits per heavy atom. The average molecular weight is 458 g/mol. The molecule has 1 aromatic heterocycles. The van der Waals surface area contributed by atoms with Crippen LogP contribution in [-0.4, -0.2) is 48.0 Å². The summed E-state index contributed by atoms with van der Waals surface area (Å²) in [6.45, 7) is 3.36. The molecule has 0 aliphatic carbocycles. The van der Waals surface area contributed by atoms with E-state index in [1.165, 1.54) is 36.0 Å². The summed E-state index contributed by atoms with van der Waals surface area (Å²) in [7, 11) is 0. The monoisotopic (exact) mass is 457 g/mol. The van der Waals surface area contributed by atoms with Crippen LogP contribution < -0.4 is 15.1 Å². The number of thioether (sulfide) groups is 1. The zero-order chi connectivity index (χ0) is 21.6. The smallest absolute Gasteiger partial charge is 0.234 e. The van der Waals surface area contributed by atoms with Crippen molar-refractivity contribution < 1.29 is 9.18 Å². The Labute approximate surface area is 189 Å². The number of para-hydroxylation sites is 1. The predicted molar refractivity (Wildman–Crippen MR) is 124 cm³/mol. The van der Waals surface area contributed by atoms with Gasteiger partial charge in [-0.2, -0.15) is 0 Å². The highest BCUT2D eigenvalue weighted by Crippen LogP contribution is 2.27. The van der Waals surface area contributed by atoms with Gasteiger partial charge in [-0.3, -0.25) is 4.79 Å². The van der Waals surface area contributed by atoms with Crippen LogP contribution in [0.15, 0.2) is 65.7 Å². The van der Waals surface area contributed by atoms with Gasteiger partial charge < -0.3 is 15.1 Å². The number of amides is 1. The maximum absolute atomic E-state index is 12.9. The topological polar surface area (TPSA) is 61.4 Å². The van der Waals surface area contributed by atoms with E-state index in [9.17, 15) is 9.18 Å². The van der Waals surface area contributed by atoms with Crippen molar-refractivity contribution in [2.24, 2.45) is 0 Å². The Hall–Kier alpha value is -2.84. The highest BCUT2D eigenvalue weighted by Gasteiger charge is 2.20. The molecule has 0 radical (unpaired) electrons. The van der Waals surface area contributed by atoms with Gasteiger partial charge in [0.2, 0.25) is 5.91 Å². The molecular weight excluding hydrogens is 437 g/mol. The van der Waals surface area contributed by atoms with Crippen molar-refractivity contribution in [2.75, 3.05) is 47.0 Å². The van der Waals surface area contributed by atoms with E-state index >= 15 is 0 Å². The number of rotatable bonds is 6. The number of hydrogen-bond acceptors (Lipinski definition) is 6. The molecule has 1 fully saturated rings. The summed E-state index contributed by atoms with van der Waals surface area (Å²) in [4.78, 5) is 16.5. The Kier molecular flexibility index (Phi) is 6.89. The van der Waals surface area contributed by atoms with Crippen LogP contribution in [0.2, 0.25) is 5.02 Å². The molecule has 1 saturated heterocycles. The third-order valence-corrected chi connectivity index (χ3v) is 6.14. The predicted octanol–water partition coefficient (Wildman–Crippen LogP) is 4.33. The third kappa shape index (κ3) is 5.65. The minimum atomic E-state index is -0.340. The molecule has 0 bridgehead atoms. The normalized spacial score (nSPS) is 13.9. The van der Waals surface area contributed by atoms with Gasteiger partial charge in [-0.25, -0.2) is 4.39 Å². The molecule has 0 unspecified atom stereocenters. The third-order valence-electron chi connectivity index (χ3n) is 4.90. The fraction of sp³-hybridized carbons (Fsp3) is 0.227. The highest BCUT2D eigenvalue weighted by molar-refractivity contribution is 7.99. The van der Waals surface area contributed by atoms with Gasteiger partial charge in [0, 0.05) is 31.9 Å². The zero-order valence-corrected chi connectivity index (χ0v) is 18.2. The molecule has 9 heteroatoms. The lowest BCUT2D eigenvalue weighted by molar-refractivity contribution is -0.113. The minimum absolute atomic E-state index is 0.182. The van der Waals surface area contributed by atoms with E-state index < -0.39 is 0 Å². The molecular formula is C22H21ClFN5OS. The Morgan fingerprint density at radius 2 is 1.68 bits per heavy atom. The molecule has 2 heterocycles. The zero-order valence-electron chi connectivity index (χ0n) is 16.7. The molecule has 31 heavy (non-hydrogen) atoms. The number of carbonyl (C=O) groups is 1. The lowest BCUT2D eigenvalue weighted by Gasteiger charge is -2.36. The summed E-state index contributed by atoms with van der Waals surface area (Å²) in [6, 6.07) is 17.3. The van der Waals surface area contributed by atoms with Gasteiger partial charge in [-0.05, 0) is 48.5 Å². The van der Waals surface area contributed by atoms with Crippen molar-refractivity contribution in [2.45, 2.75) is 5.03 Å². The first-order chi connectivity index (χ1) is 15.1. The number of aromatic nitrogens is 2. The largest absolute Gasteiger partial charge is 0.367 e. The van der Waals surface area contributed by atoms with Gasteiger partial charge in [0.1, 0.15) is 10.8 Å². The molecule has 6 nitrogen and oxygen atoms in total. The minimum Gasteiger partial charge on any atom is -0.367 e. The summed E-state index contributed by atoms with van der Waals surface area (Å²) >= 11 is 7.61. The van der Waals surface area contributed by atoms with Gasteiger partial charge in [-0.1, -0.05) is 35.5 Å². The van der Waals surface area contributed by atoms with E-state index in [2.05, 4.69) is 25.3 Å². The number of carbonyl (C=O) groups excluding carboxylic acids is 1. The quantitative estimate of drug-likeness (QED) is 0.556. The number of hydrogen-bond donors (Lipinski definition) is 1. The molecule has 0 spiro atoms. The van der Waals surface area contributed by atoms with Crippen molar-refractivity contribution in [1.29, 1.82) is 0 Å². The summed E-state index contributed by atoms with van der Waals surface area (Å²) in [5.41, 5.74) is 1.62. The van der Waals surface area contributed by atoms with Gasteiger partial charge in [0.25, 0.3) is 0 Å². The van der Waals surface area contributed by atoms with Gasteiger partial charge in [0.05, 0.1) is 16.5 Å². The molecule has 160 valence electrons. The van der Waals surface area contributed by atoms with Crippen molar-refractivity contribution in [1.82, 2.24) is 10.2 Å². The van der Waals surface area contributed by atoms with Gasteiger partial charge in [-0.15, -0.1) is 10.2 Å². The second-order valence-corrected chi connectivity index (χ2v) is 8.40. The van der Waals surface area contributed by atoms with E-state index in [-0.39, 0.29) is 17.5 Å². The molecule has 0 atom stereocenters. The maximum atomic E-state index is 12.9. The number of anilines is 3. The number of piperazine rings is 1. The van der Waals surface area contributed by atoms with Crippen LogP contribution >= 0.6 is 23.4 Å². The summed E-state index contributed by atoms with van der Waals surface area (Å²) in [6.07, 6.45) is 0.